The molecule has 0 aliphatic carbocycles. The molecule has 6 nitrogen and oxygen atoms in total. The number of nitrogens with zero attached hydrogens (tertiary/aromatic N) is 1. The molecule has 1 amide bonds. The van der Waals surface area contributed by atoms with E-state index in [2.05, 4.69) is 5.32 Å². The van der Waals surface area contributed by atoms with E-state index in [1.807, 2.05) is 0 Å². The summed E-state index contributed by atoms with van der Waals surface area (Å²) in [4.78, 5) is 21.7. The van der Waals surface area contributed by atoms with E-state index in [0.29, 0.717) is 5.69 Å². The Bertz CT molecular complexity index is 591. The average molecular weight is 267 g/mol. The zero-order chi connectivity index (χ0) is 13.1. The van der Waals surface area contributed by atoms with Gasteiger partial charge in [-0.1, -0.05) is 0 Å². The van der Waals surface area contributed by atoms with Crippen molar-refractivity contribution in [3.05, 3.63) is 57.5 Å². The zero-order valence-corrected chi connectivity index (χ0v) is 9.68. The Labute approximate surface area is 106 Å². The van der Waals surface area contributed by atoms with Crippen molar-refractivity contribution in [2.24, 2.45) is 0 Å². The first-order chi connectivity index (χ1) is 8.58. The summed E-state index contributed by atoms with van der Waals surface area (Å²) in [5, 5.41) is 13.0. The van der Waals surface area contributed by atoms with E-state index < -0.39 is 10.8 Å². The van der Waals surface area contributed by atoms with E-state index >= 15 is 0 Å². The summed E-state index contributed by atoms with van der Waals surface area (Å²) in [6.45, 7) is 0. The molecule has 0 aliphatic heterocycles. The minimum absolute atomic E-state index is 0.00517. The number of nitrogens with one attached hydrogen (secondary N) is 1. The van der Waals surface area contributed by atoms with Crippen molar-refractivity contribution < 1.29 is 14.1 Å². The van der Waals surface area contributed by atoms with Crippen LogP contribution in [-0.4, -0.2) is 10.8 Å². The maximum absolute atomic E-state index is 11.7. The quantitative estimate of drug-likeness (QED) is 0.683. The van der Waals surface area contributed by atoms with Crippen LogP contribution < -0.4 is 5.32 Å². The van der Waals surface area contributed by atoms with Crippen LogP contribution in [0, 0.1) is 10.1 Å². The Hall–Kier alpha value is -2.34. The molecule has 2 rings (SSSR count). The van der Waals surface area contributed by atoms with E-state index in [9.17, 15) is 14.9 Å². The normalized spacial score (nSPS) is 10.1. The summed E-state index contributed by atoms with van der Waals surface area (Å²) >= 11 is 5.65. The van der Waals surface area contributed by atoms with Gasteiger partial charge in [-0.05, 0) is 29.8 Å². The van der Waals surface area contributed by atoms with Gasteiger partial charge in [0, 0.05) is 17.8 Å². The number of anilines is 1. The molecule has 1 aromatic carbocycles. The number of carbonyl (C=O) groups excluding carboxylic acids is 1. The highest BCUT2D eigenvalue weighted by Gasteiger charge is 2.13. The second-order valence-corrected chi connectivity index (χ2v) is 3.71. The lowest BCUT2D eigenvalue weighted by atomic mass is 10.2. The standard InChI is InChI=1S/C11H7ClN2O4/c12-10-9(5-6-18-10)11(15)13-7-1-3-8(4-2-7)14(16)17/h1-6H,(H,13,15). The number of hydrogen-bond donors (Lipinski definition) is 1. The van der Waals surface area contributed by atoms with Gasteiger partial charge in [0.15, 0.2) is 0 Å². The molecule has 0 radical (unpaired) electrons. The predicted octanol–water partition coefficient (Wildman–Crippen LogP) is 3.09. The number of rotatable bonds is 3. The first-order valence-electron chi connectivity index (χ1n) is 4.87. The van der Waals surface area contributed by atoms with Crippen molar-refractivity contribution in [3.63, 3.8) is 0 Å². The fourth-order valence-electron chi connectivity index (χ4n) is 1.32. The molecule has 0 bridgehead atoms. The van der Waals surface area contributed by atoms with Gasteiger partial charge in [0.1, 0.15) is 0 Å². The average Bonchev–Trinajstić information content (AvgIpc) is 2.76. The fraction of sp³-hybridized carbons (Fsp3) is 0. The van der Waals surface area contributed by atoms with Crippen molar-refractivity contribution in [3.8, 4) is 0 Å². The van der Waals surface area contributed by atoms with Crippen molar-refractivity contribution in [2.75, 3.05) is 5.32 Å². The van der Waals surface area contributed by atoms with Gasteiger partial charge in [0.25, 0.3) is 11.6 Å². The molecular formula is C11H7ClN2O4. The number of carbonyl (C=O) groups is 1. The molecule has 18 heavy (non-hydrogen) atoms. The van der Waals surface area contributed by atoms with Gasteiger partial charge >= 0.3 is 0 Å². The van der Waals surface area contributed by atoms with Gasteiger partial charge in [0.2, 0.25) is 5.22 Å². The smallest absolute Gasteiger partial charge is 0.269 e. The topological polar surface area (TPSA) is 85.4 Å². The van der Waals surface area contributed by atoms with Gasteiger partial charge in [-0.3, -0.25) is 14.9 Å². The summed E-state index contributed by atoms with van der Waals surface area (Å²) in [6, 6.07) is 6.90. The van der Waals surface area contributed by atoms with E-state index in [1.165, 1.54) is 36.6 Å². The summed E-state index contributed by atoms with van der Waals surface area (Å²) in [6.07, 6.45) is 1.30. The van der Waals surface area contributed by atoms with Crippen LogP contribution >= 0.6 is 11.6 Å². The molecule has 0 atom stereocenters. The minimum atomic E-state index is -0.515. The van der Waals surface area contributed by atoms with Crippen LogP contribution in [0.4, 0.5) is 11.4 Å². The molecule has 92 valence electrons. The van der Waals surface area contributed by atoms with E-state index in [0.717, 1.165) is 0 Å². The van der Waals surface area contributed by atoms with Gasteiger partial charge in [-0.25, -0.2) is 0 Å². The third-order valence-corrected chi connectivity index (χ3v) is 2.49. The maximum Gasteiger partial charge on any atom is 0.269 e. The van der Waals surface area contributed by atoms with E-state index in [4.69, 9.17) is 16.0 Å². The first-order valence-corrected chi connectivity index (χ1v) is 5.24. The fourth-order valence-corrected chi connectivity index (χ4v) is 1.52. The Morgan fingerprint density at radius 3 is 2.44 bits per heavy atom. The molecule has 0 spiro atoms. The monoisotopic (exact) mass is 266 g/mol. The van der Waals surface area contributed by atoms with Crippen molar-refractivity contribution >= 4 is 28.9 Å². The van der Waals surface area contributed by atoms with E-state index in [-0.39, 0.29) is 16.5 Å². The van der Waals surface area contributed by atoms with Gasteiger partial charge in [-0.15, -0.1) is 0 Å². The van der Waals surface area contributed by atoms with Crippen LogP contribution in [0.2, 0.25) is 5.22 Å². The molecule has 0 aliphatic rings. The number of non-ortho nitro benzene ring substituents is 1. The van der Waals surface area contributed by atoms with Crippen LogP contribution in [-0.2, 0) is 0 Å². The molecule has 1 heterocycles. The molecule has 1 N–H and O–H groups in total. The predicted molar refractivity (Wildman–Crippen MR) is 64.8 cm³/mol. The largest absolute Gasteiger partial charge is 0.452 e. The summed E-state index contributed by atoms with van der Waals surface area (Å²) in [5.74, 6) is -0.442. The Kier molecular flexibility index (Phi) is 3.29. The highest BCUT2D eigenvalue weighted by atomic mass is 35.5. The molecule has 0 fully saturated rings. The number of nitro benzene ring substituents is 1. The third-order valence-electron chi connectivity index (χ3n) is 2.20. The summed E-state index contributed by atoms with van der Waals surface area (Å²) in [5.41, 5.74) is 0.590. The van der Waals surface area contributed by atoms with Gasteiger partial charge in [0.05, 0.1) is 16.7 Å². The number of hydrogen-bond acceptors (Lipinski definition) is 4. The highest BCUT2D eigenvalue weighted by molar-refractivity contribution is 6.32. The molecule has 0 saturated heterocycles. The second-order valence-electron chi connectivity index (χ2n) is 3.37. The number of furan rings is 1. The van der Waals surface area contributed by atoms with Crippen molar-refractivity contribution in [1.29, 1.82) is 0 Å². The number of nitro groups is 1. The lowest BCUT2D eigenvalue weighted by molar-refractivity contribution is -0.384. The number of amides is 1. The van der Waals surface area contributed by atoms with Crippen molar-refractivity contribution in [2.45, 2.75) is 0 Å². The Morgan fingerprint density at radius 2 is 1.94 bits per heavy atom. The molecule has 0 unspecified atom stereocenters. The summed E-state index contributed by atoms with van der Waals surface area (Å²) < 4.78 is 4.79. The molecular weight excluding hydrogens is 260 g/mol. The first kappa shape index (κ1) is 12.1. The minimum Gasteiger partial charge on any atom is -0.452 e. The molecule has 7 heteroatoms. The lowest BCUT2D eigenvalue weighted by Gasteiger charge is -2.03. The third kappa shape index (κ3) is 2.49. The Morgan fingerprint density at radius 1 is 1.28 bits per heavy atom. The van der Waals surface area contributed by atoms with Crippen molar-refractivity contribution in [1.82, 2.24) is 0 Å². The molecule has 2 aromatic rings. The summed E-state index contributed by atoms with van der Waals surface area (Å²) in [7, 11) is 0. The number of halogens is 1. The zero-order valence-electron chi connectivity index (χ0n) is 8.92. The van der Waals surface area contributed by atoms with Gasteiger partial charge < -0.3 is 9.73 Å². The SMILES string of the molecule is O=C(Nc1ccc([N+](=O)[O-])cc1)c1ccoc1Cl. The Balaban J connectivity index is 2.13. The molecule has 1 aromatic heterocycles. The maximum atomic E-state index is 11.7. The van der Waals surface area contributed by atoms with Crippen LogP contribution in [0.5, 0.6) is 0 Å². The lowest BCUT2D eigenvalue weighted by Crippen LogP contribution is -2.11. The number of benzene rings is 1. The van der Waals surface area contributed by atoms with Gasteiger partial charge in [-0.2, -0.15) is 0 Å². The van der Waals surface area contributed by atoms with Crippen LogP contribution in [0.15, 0.2) is 41.0 Å². The molecule has 0 saturated carbocycles. The van der Waals surface area contributed by atoms with Crippen LogP contribution in [0.25, 0.3) is 0 Å². The highest BCUT2D eigenvalue weighted by Crippen LogP contribution is 2.20. The van der Waals surface area contributed by atoms with Crippen LogP contribution in [0.1, 0.15) is 10.4 Å². The van der Waals surface area contributed by atoms with Crippen LogP contribution in [0.3, 0.4) is 0 Å². The van der Waals surface area contributed by atoms with E-state index in [1.54, 1.807) is 0 Å². The second kappa shape index (κ2) is 4.89.